The Morgan fingerprint density at radius 3 is 2.52 bits per heavy atom. The third-order valence-electron chi connectivity index (χ3n) is 7.42. The Labute approximate surface area is 195 Å². The highest BCUT2D eigenvalue weighted by Gasteiger charge is 2.48. The number of ketones is 1. The maximum Gasteiger partial charge on any atom is 0.336 e. The van der Waals surface area contributed by atoms with Crippen molar-refractivity contribution in [1.82, 2.24) is 0 Å². The fourth-order valence-corrected chi connectivity index (χ4v) is 5.90. The summed E-state index contributed by atoms with van der Waals surface area (Å²) < 4.78 is 17.1. The van der Waals surface area contributed by atoms with Crippen LogP contribution in [-0.2, 0) is 14.3 Å². The Hall–Kier alpha value is -2.63. The topological polar surface area (TPSA) is 74.2 Å². The quantitative estimate of drug-likeness (QED) is 0.448. The zero-order chi connectivity index (χ0) is 23.2. The van der Waals surface area contributed by atoms with Crippen molar-refractivity contribution in [3.05, 3.63) is 35.0 Å². The third-order valence-corrected chi connectivity index (χ3v) is 7.42. The van der Waals surface area contributed by atoms with E-state index in [1.54, 1.807) is 0 Å². The highest BCUT2D eigenvalue weighted by Crippen LogP contribution is 2.48. The summed E-state index contributed by atoms with van der Waals surface area (Å²) in [5.74, 6) is 0.271. The number of allylic oxidation sites excluding steroid dienone is 1. The second-order valence-corrected chi connectivity index (χ2v) is 10.7. The molecule has 2 aliphatic carbocycles. The van der Waals surface area contributed by atoms with Crippen molar-refractivity contribution >= 4 is 17.5 Å². The van der Waals surface area contributed by atoms with Crippen molar-refractivity contribution < 1.29 is 23.8 Å². The minimum absolute atomic E-state index is 0.0657. The number of hydrogen-bond donors (Lipinski definition) is 0. The molecule has 2 fully saturated rings. The maximum atomic E-state index is 13.6. The van der Waals surface area contributed by atoms with Gasteiger partial charge in [0.2, 0.25) is 6.79 Å². The van der Waals surface area contributed by atoms with Gasteiger partial charge in [-0.1, -0.05) is 32.8 Å². The number of hydrogen-bond acceptors (Lipinski definition) is 6. The molecule has 2 heterocycles. The Kier molecular flexibility index (Phi) is 5.79. The molecule has 0 unspecified atom stereocenters. The average molecular weight is 452 g/mol. The third kappa shape index (κ3) is 4.32. The Bertz CT molecular complexity index is 1030. The molecule has 0 N–H and O–H groups in total. The molecule has 0 radical (unpaired) electrons. The minimum Gasteiger partial charge on any atom is -0.459 e. The number of rotatable bonds is 3. The van der Waals surface area contributed by atoms with Crippen molar-refractivity contribution in [2.45, 2.75) is 84.2 Å². The summed E-state index contributed by atoms with van der Waals surface area (Å²) in [5, 5.41) is 0. The predicted octanol–water partition coefficient (Wildman–Crippen LogP) is 5.50. The largest absolute Gasteiger partial charge is 0.459 e. The van der Waals surface area contributed by atoms with Gasteiger partial charge in [-0.3, -0.25) is 9.79 Å². The van der Waals surface area contributed by atoms with E-state index < -0.39 is 11.8 Å². The van der Waals surface area contributed by atoms with E-state index in [9.17, 15) is 9.59 Å². The fraction of sp³-hybridized carbons (Fsp3) is 0.593. The molecule has 4 aliphatic rings. The molecule has 33 heavy (non-hydrogen) atoms. The highest BCUT2D eigenvalue weighted by atomic mass is 16.7. The molecule has 6 heteroatoms. The number of fused-ring (bicyclic) bond motifs is 2. The van der Waals surface area contributed by atoms with E-state index in [4.69, 9.17) is 19.2 Å². The first-order valence-corrected chi connectivity index (χ1v) is 12.2. The van der Waals surface area contributed by atoms with E-state index in [1.807, 2.05) is 25.1 Å². The molecule has 1 aromatic carbocycles. The number of ether oxygens (including phenoxy) is 3. The minimum atomic E-state index is -0.446. The van der Waals surface area contributed by atoms with Crippen LogP contribution in [0.5, 0.6) is 11.5 Å². The molecule has 0 amide bonds. The molecule has 5 rings (SSSR count). The average Bonchev–Trinajstić information content (AvgIpc) is 3.07. The van der Waals surface area contributed by atoms with Crippen LogP contribution in [0.4, 0.5) is 0 Å². The molecule has 176 valence electrons. The first-order chi connectivity index (χ1) is 15.8. The van der Waals surface area contributed by atoms with Crippen molar-refractivity contribution in [1.29, 1.82) is 0 Å². The number of nitrogens with zero attached hydrogens (tertiary/aromatic N) is 1. The highest BCUT2D eigenvalue weighted by molar-refractivity contribution is 6.12. The van der Waals surface area contributed by atoms with E-state index >= 15 is 0 Å². The van der Waals surface area contributed by atoms with Gasteiger partial charge in [-0.15, -0.1) is 0 Å². The van der Waals surface area contributed by atoms with Gasteiger partial charge in [0.1, 0.15) is 11.9 Å². The summed E-state index contributed by atoms with van der Waals surface area (Å²) in [7, 11) is 0. The number of esters is 1. The summed E-state index contributed by atoms with van der Waals surface area (Å²) in [6.45, 7) is 6.26. The molecule has 0 spiro atoms. The maximum absolute atomic E-state index is 13.6. The molecule has 0 saturated heterocycles. The van der Waals surface area contributed by atoms with Crippen molar-refractivity contribution in [2.24, 2.45) is 16.3 Å². The second-order valence-electron chi connectivity index (χ2n) is 10.7. The van der Waals surface area contributed by atoms with Gasteiger partial charge in [0.25, 0.3) is 0 Å². The fourth-order valence-electron chi connectivity index (χ4n) is 5.90. The van der Waals surface area contributed by atoms with Gasteiger partial charge in [-0.25, -0.2) is 4.79 Å². The van der Waals surface area contributed by atoms with Crippen molar-refractivity contribution in [2.75, 3.05) is 6.79 Å². The summed E-state index contributed by atoms with van der Waals surface area (Å²) in [6.07, 6.45) is 7.50. The van der Waals surface area contributed by atoms with Crippen LogP contribution in [-0.4, -0.2) is 30.4 Å². The Morgan fingerprint density at radius 1 is 1.03 bits per heavy atom. The molecular weight excluding hydrogens is 418 g/mol. The lowest BCUT2D eigenvalue weighted by molar-refractivity contribution is -0.145. The number of Topliss-reactive ketones (excluding diaryl/α,β-unsaturated/α-hetero) is 1. The molecule has 0 bridgehead atoms. The normalized spacial score (nSPS) is 27.0. The zero-order valence-corrected chi connectivity index (χ0v) is 19.8. The number of benzene rings is 1. The molecular formula is C27H33NO5. The lowest BCUT2D eigenvalue weighted by Gasteiger charge is -2.41. The smallest absolute Gasteiger partial charge is 0.336 e. The van der Waals surface area contributed by atoms with Crippen LogP contribution in [0.25, 0.3) is 0 Å². The predicted molar refractivity (Wildman–Crippen MR) is 125 cm³/mol. The molecule has 2 saturated carbocycles. The lowest BCUT2D eigenvalue weighted by Crippen LogP contribution is -2.44. The van der Waals surface area contributed by atoms with Gasteiger partial charge >= 0.3 is 5.97 Å². The van der Waals surface area contributed by atoms with Crippen LogP contribution in [0.1, 0.15) is 83.6 Å². The van der Waals surface area contributed by atoms with E-state index in [2.05, 4.69) is 13.8 Å². The monoisotopic (exact) mass is 451 g/mol. The lowest BCUT2D eigenvalue weighted by atomic mass is 9.63. The van der Waals surface area contributed by atoms with Crippen LogP contribution in [0.3, 0.4) is 0 Å². The van der Waals surface area contributed by atoms with Crippen LogP contribution in [0, 0.1) is 11.3 Å². The first kappa shape index (κ1) is 22.2. The summed E-state index contributed by atoms with van der Waals surface area (Å²) in [4.78, 5) is 31.9. The van der Waals surface area contributed by atoms with E-state index in [0.29, 0.717) is 29.2 Å². The van der Waals surface area contributed by atoms with Gasteiger partial charge in [0, 0.05) is 23.7 Å². The standard InChI is InChI=1S/C27H33NO5/c1-16-23(26(30)33-18-8-6-4-5-7-9-18)24(17-10-11-21-22(12-17)32-15-31-21)25-19(28-16)13-27(2,3)14-20(25)29/h10-12,18,24-25H,4-9,13-15H2,1-3H3/t24-,25-/m1/s1. The van der Waals surface area contributed by atoms with Gasteiger partial charge in [-0.05, 0) is 62.1 Å². The molecule has 1 aromatic rings. The van der Waals surface area contributed by atoms with Crippen molar-refractivity contribution in [3.63, 3.8) is 0 Å². The molecule has 2 atom stereocenters. The van der Waals surface area contributed by atoms with Crippen LogP contribution in [0.2, 0.25) is 0 Å². The zero-order valence-electron chi connectivity index (χ0n) is 19.8. The SMILES string of the molecule is CC1=C(C(=O)OC2CCCCCC2)[C@@H](c2ccc3c(c2)OCO3)[C@H]2C(=O)CC(C)(C)CC2=N1. The second kappa shape index (κ2) is 8.62. The van der Waals surface area contributed by atoms with Gasteiger partial charge in [-0.2, -0.15) is 0 Å². The van der Waals surface area contributed by atoms with E-state index in [1.165, 1.54) is 12.8 Å². The van der Waals surface area contributed by atoms with Crippen molar-refractivity contribution in [3.8, 4) is 11.5 Å². The van der Waals surface area contributed by atoms with Gasteiger partial charge < -0.3 is 14.2 Å². The Morgan fingerprint density at radius 2 is 1.76 bits per heavy atom. The molecule has 2 aliphatic heterocycles. The Balaban J connectivity index is 1.55. The summed E-state index contributed by atoms with van der Waals surface area (Å²) >= 11 is 0. The van der Waals surface area contributed by atoms with E-state index in [-0.39, 0.29) is 30.1 Å². The van der Waals surface area contributed by atoms with Crippen LogP contribution in [0.15, 0.2) is 34.5 Å². The van der Waals surface area contributed by atoms with Gasteiger partial charge in [0.05, 0.1) is 11.5 Å². The molecule has 0 aromatic heterocycles. The summed E-state index contributed by atoms with van der Waals surface area (Å²) in [5.41, 5.74) is 2.79. The summed E-state index contributed by atoms with van der Waals surface area (Å²) in [6, 6.07) is 5.72. The molecule has 6 nitrogen and oxygen atoms in total. The number of carbonyl (C=O) groups excluding carboxylic acids is 2. The van der Waals surface area contributed by atoms with E-state index in [0.717, 1.165) is 43.4 Å². The number of carbonyl (C=O) groups is 2. The van der Waals surface area contributed by atoms with Crippen LogP contribution < -0.4 is 9.47 Å². The first-order valence-electron chi connectivity index (χ1n) is 12.2. The number of aliphatic imine (C=N–C) groups is 1. The van der Waals surface area contributed by atoms with Crippen LogP contribution >= 0.6 is 0 Å². The van der Waals surface area contributed by atoms with Gasteiger partial charge in [0.15, 0.2) is 11.5 Å².